The number of thioether (sulfide) groups is 1. The van der Waals surface area contributed by atoms with E-state index < -0.39 is 12.0 Å². The third-order valence-electron chi connectivity index (χ3n) is 5.95. The lowest BCUT2D eigenvalue weighted by Crippen LogP contribution is -2.38. The second kappa shape index (κ2) is 11.3. The van der Waals surface area contributed by atoms with Gasteiger partial charge in [-0.05, 0) is 41.7 Å². The first-order valence-electron chi connectivity index (χ1n) is 11.4. The molecule has 0 saturated heterocycles. The number of rotatable bonds is 9. The first kappa shape index (κ1) is 25.3. The van der Waals surface area contributed by atoms with Crippen molar-refractivity contribution in [3.8, 4) is 11.5 Å². The van der Waals surface area contributed by atoms with E-state index >= 15 is 0 Å². The number of carbonyl (C=O) groups excluding carboxylic acids is 2. The number of pyridine rings is 1. The molecule has 4 rings (SSSR count). The highest BCUT2D eigenvalue weighted by atomic mass is 32.2. The molecular formula is C26H28N4O5S. The number of nitrogens with one attached hydrogen (secondary N) is 1. The predicted octanol–water partition coefficient (Wildman–Crippen LogP) is 3.94. The summed E-state index contributed by atoms with van der Waals surface area (Å²) < 4.78 is 16.2. The molecule has 1 N–H and O–H groups in total. The summed E-state index contributed by atoms with van der Waals surface area (Å²) in [5.41, 5.74) is 3.48. The van der Waals surface area contributed by atoms with Gasteiger partial charge in [0.1, 0.15) is 11.5 Å². The number of aliphatic imine (C=N–C) groups is 1. The molecule has 0 fully saturated rings. The van der Waals surface area contributed by atoms with Crippen LogP contribution in [0.3, 0.4) is 0 Å². The van der Waals surface area contributed by atoms with Crippen molar-refractivity contribution in [3.63, 3.8) is 0 Å². The van der Waals surface area contributed by atoms with E-state index in [1.807, 2.05) is 41.5 Å². The second-order valence-corrected chi connectivity index (χ2v) is 8.85. The third-order valence-corrected chi connectivity index (χ3v) is 6.83. The number of nitrogens with zero attached hydrogens (tertiary/aromatic N) is 3. The van der Waals surface area contributed by atoms with Gasteiger partial charge in [-0.25, -0.2) is 9.79 Å². The van der Waals surface area contributed by atoms with E-state index in [9.17, 15) is 9.59 Å². The largest absolute Gasteiger partial charge is 0.497 e. The standard InChI is InChI=1S/C26H28N4O5S/c1-5-20-23(25(32)35-4)24(19-7-6-18(33-2)13-21(19)34-3)30-17(15-36-26(30)29-20)12-22(31)28-14-16-8-10-27-11-9-16/h6-11,13,15,24H,5,12,14H2,1-4H3,(H,28,31). The first-order chi connectivity index (χ1) is 17.5. The fourth-order valence-electron chi connectivity index (χ4n) is 4.18. The number of methoxy groups -OCH3 is 3. The molecule has 0 spiro atoms. The summed E-state index contributed by atoms with van der Waals surface area (Å²) >= 11 is 1.42. The van der Waals surface area contributed by atoms with E-state index in [0.29, 0.717) is 40.9 Å². The molecule has 36 heavy (non-hydrogen) atoms. The molecule has 2 aliphatic heterocycles. The molecule has 1 aromatic carbocycles. The molecule has 1 aromatic heterocycles. The average Bonchev–Trinajstić information content (AvgIpc) is 3.32. The van der Waals surface area contributed by atoms with Crippen molar-refractivity contribution in [2.75, 3.05) is 21.3 Å². The zero-order valence-electron chi connectivity index (χ0n) is 20.6. The summed E-state index contributed by atoms with van der Waals surface area (Å²) in [6.45, 7) is 2.34. The zero-order valence-corrected chi connectivity index (χ0v) is 21.4. The van der Waals surface area contributed by atoms with Gasteiger partial charge in [-0.1, -0.05) is 18.7 Å². The minimum absolute atomic E-state index is 0.113. The summed E-state index contributed by atoms with van der Waals surface area (Å²) in [6, 6.07) is 8.58. The van der Waals surface area contributed by atoms with E-state index in [2.05, 4.69) is 10.3 Å². The molecule has 1 amide bonds. The number of fused-ring (bicyclic) bond motifs is 1. The van der Waals surface area contributed by atoms with Crippen LogP contribution in [0, 0.1) is 0 Å². The Morgan fingerprint density at radius 1 is 1.11 bits per heavy atom. The lowest BCUT2D eigenvalue weighted by molar-refractivity contribution is -0.136. The Morgan fingerprint density at radius 3 is 2.56 bits per heavy atom. The SMILES string of the molecule is CCC1=C(C(=O)OC)C(c2ccc(OC)cc2OC)N2C(CC(=O)NCc3ccncc3)=CSC2=N1. The number of amidine groups is 1. The fraction of sp³-hybridized carbons (Fsp3) is 0.308. The maximum Gasteiger partial charge on any atom is 0.338 e. The van der Waals surface area contributed by atoms with E-state index in [-0.39, 0.29) is 12.3 Å². The van der Waals surface area contributed by atoms with Crippen molar-refractivity contribution in [2.24, 2.45) is 4.99 Å². The maximum atomic E-state index is 13.1. The molecule has 2 aromatic rings. The quantitative estimate of drug-likeness (QED) is 0.508. The summed E-state index contributed by atoms with van der Waals surface area (Å²) in [6.07, 6.45) is 4.03. The van der Waals surface area contributed by atoms with Crippen LogP contribution in [-0.2, 0) is 20.9 Å². The normalized spacial score (nSPS) is 16.7. The van der Waals surface area contributed by atoms with E-state index in [4.69, 9.17) is 19.2 Å². The molecule has 1 unspecified atom stereocenters. The van der Waals surface area contributed by atoms with Gasteiger partial charge in [0.05, 0.1) is 45.1 Å². The van der Waals surface area contributed by atoms with Gasteiger partial charge in [-0.2, -0.15) is 0 Å². The number of aromatic nitrogens is 1. The van der Waals surface area contributed by atoms with Crippen molar-refractivity contribution in [1.82, 2.24) is 15.2 Å². The van der Waals surface area contributed by atoms with Crippen molar-refractivity contribution in [2.45, 2.75) is 32.4 Å². The van der Waals surface area contributed by atoms with E-state index in [1.54, 1.807) is 32.7 Å². The number of hydrogen-bond donors (Lipinski definition) is 1. The minimum Gasteiger partial charge on any atom is -0.497 e. The van der Waals surface area contributed by atoms with Crippen LogP contribution in [0.4, 0.5) is 0 Å². The van der Waals surface area contributed by atoms with Gasteiger partial charge >= 0.3 is 5.97 Å². The lowest BCUT2D eigenvalue weighted by atomic mass is 9.92. The topological polar surface area (TPSA) is 102 Å². The number of hydrogen-bond acceptors (Lipinski definition) is 9. The fourth-order valence-corrected chi connectivity index (χ4v) is 5.12. The van der Waals surface area contributed by atoms with Gasteiger partial charge in [0, 0.05) is 36.3 Å². The van der Waals surface area contributed by atoms with Crippen molar-refractivity contribution >= 4 is 28.8 Å². The number of benzene rings is 1. The molecule has 0 radical (unpaired) electrons. The predicted molar refractivity (Wildman–Crippen MR) is 137 cm³/mol. The molecule has 2 aliphatic rings. The lowest BCUT2D eigenvalue weighted by Gasteiger charge is -2.37. The van der Waals surface area contributed by atoms with E-state index in [1.165, 1.54) is 18.9 Å². The number of carbonyl (C=O) groups is 2. The molecular weight excluding hydrogens is 480 g/mol. The first-order valence-corrected chi connectivity index (χ1v) is 12.3. The second-order valence-electron chi connectivity index (χ2n) is 8.02. The van der Waals surface area contributed by atoms with Gasteiger partial charge in [0.25, 0.3) is 0 Å². The van der Waals surface area contributed by atoms with Gasteiger partial charge in [0.15, 0.2) is 5.17 Å². The van der Waals surface area contributed by atoms with Gasteiger partial charge < -0.3 is 24.4 Å². The van der Waals surface area contributed by atoms with Crippen LogP contribution in [0.2, 0.25) is 0 Å². The highest BCUT2D eigenvalue weighted by Gasteiger charge is 2.42. The third kappa shape index (κ3) is 5.08. The molecule has 0 aliphatic carbocycles. The summed E-state index contributed by atoms with van der Waals surface area (Å²) in [7, 11) is 4.50. The molecule has 9 nitrogen and oxygen atoms in total. The Bertz CT molecular complexity index is 1240. The monoisotopic (exact) mass is 508 g/mol. The van der Waals surface area contributed by atoms with Crippen LogP contribution in [-0.4, -0.2) is 48.3 Å². The molecule has 1 atom stereocenters. The number of esters is 1. The molecule has 0 saturated carbocycles. The maximum absolute atomic E-state index is 13.1. The van der Waals surface area contributed by atoms with Crippen molar-refractivity contribution < 1.29 is 23.8 Å². The van der Waals surface area contributed by atoms with Gasteiger partial charge in [-0.3, -0.25) is 9.78 Å². The van der Waals surface area contributed by atoms with E-state index in [0.717, 1.165) is 16.8 Å². The van der Waals surface area contributed by atoms with Crippen LogP contribution in [0.15, 0.2) is 70.1 Å². The van der Waals surface area contributed by atoms with Crippen molar-refractivity contribution in [1.29, 1.82) is 0 Å². The van der Waals surface area contributed by atoms with Crippen LogP contribution >= 0.6 is 11.8 Å². The molecule has 10 heteroatoms. The summed E-state index contributed by atoms with van der Waals surface area (Å²) in [5.74, 6) is 0.554. The molecule has 3 heterocycles. The smallest absolute Gasteiger partial charge is 0.338 e. The van der Waals surface area contributed by atoms with Gasteiger partial charge in [-0.15, -0.1) is 0 Å². The number of ether oxygens (including phenoxy) is 3. The van der Waals surface area contributed by atoms with Gasteiger partial charge in [0.2, 0.25) is 5.91 Å². The molecule has 0 bridgehead atoms. The minimum atomic E-state index is -0.588. The Kier molecular flexibility index (Phi) is 7.94. The summed E-state index contributed by atoms with van der Waals surface area (Å²) in [5, 5.41) is 5.55. The summed E-state index contributed by atoms with van der Waals surface area (Å²) in [4.78, 5) is 36.6. The van der Waals surface area contributed by atoms with Crippen LogP contribution in [0.25, 0.3) is 0 Å². The van der Waals surface area contributed by atoms with Crippen molar-refractivity contribution in [3.05, 3.63) is 76.2 Å². The Labute approximate surface area is 214 Å². The number of allylic oxidation sites excluding steroid dienone is 1. The average molecular weight is 509 g/mol. The van der Waals surface area contributed by atoms with Crippen LogP contribution in [0.5, 0.6) is 11.5 Å². The Hall–Kier alpha value is -3.79. The molecule has 188 valence electrons. The highest BCUT2D eigenvalue weighted by molar-refractivity contribution is 8.16. The Morgan fingerprint density at radius 2 is 1.89 bits per heavy atom. The van der Waals surface area contributed by atoms with Crippen LogP contribution in [0.1, 0.15) is 36.9 Å². The number of amides is 1. The highest BCUT2D eigenvalue weighted by Crippen LogP contribution is 2.48. The zero-order chi connectivity index (χ0) is 25.7. The Balaban J connectivity index is 1.70. The van der Waals surface area contributed by atoms with Crippen LogP contribution < -0.4 is 14.8 Å².